The highest BCUT2D eigenvalue weighted by Crippen LogP contribution is 2.30. The minimum Gasteiger partial charge on any atom is -0.365 e. The van der Waals surface area contributed by atoms with Crippen LogP contribution >= 0.6 is 11.6 Å². The minimum atomic E-state index is 0.190. The topological polar surface area (TPSA) is 23.6 Å². The summed E-state index contributed by atoms with van der Waals surface area (Å²) >= 11 is 6.04. The zero-order valence-corrected chi connectivity index (χ0v) is 16.0. The van der Waals surface area contributed by atoms with Gasteiger partial charge in [0, 0.05) is 36.8 Å². The normalized spacial score (nSPS) is 19.1. The van der Waals surface area contributed by atoms with E-state index in [9.17, 15) is 4.79 Å². The van der Waals surface area contributed by atoms with Gasteiger partial charge in [-0.25, -0.2) is 0 Å². The Morgan fingerprint density at radius 2 is 1.96 bits per heavy atom. The number of amides is 1. The maximum absolute atomic E-state index is 12.6. The van der Waals surface area contributed by atoms with Crippen LogP contribution in [-0.4, -0.2) is 35.3 Å². The van der Waals surface area contributed by atoms with E-state index in [4.69, 9.17) is 11.6 Å². The Morgan fingerprint density at radius 3 is 2.54 bits per heavy atom. The van der Waals surface area contributed by atoms with Crippen molar-refractivity contribution in [3.8, 4) is 0 Å². The minimum absolute atomic E-state index is 0.190. The standard InChI is InChI=1S/C20H29ClN2O/c1-5-16(4)23-13-12-22(20(24)11-6-15(2)3)14-19(23)17-7-9-18(21)10-8-17/h5,7-10,15,19H,6,11-14H2,1-4H3/b16-5+/t19-/m0/s1. The summed E-state index contributed by atoms with van der Waals surface area (Å²) in [5.41, 5.74) is 2.46. The molecule has 0 radical (unpaired) electrons. The molecule has 1 aromatic rings. The predicted octanol–water partition coefficient (Wildman–Crippen LogP) is 4.89. The highest BCUT2D eigenvalue weighted by Gasteiger charge is 2.30. The molecule has 24 heavy (non-hydrogen) atoms. The summed E-state index contributed by atoms with van der Waals surface area (Å²) in [6, 6.07) is 8.20. The van der Waals surface area contributed by atoms with Crippen molar-refractivity contribution in [1.29, 1.82) is 0 Å². The Bertz CT molecular complexity index is 580. The number of nitrogens with zero attached hydrogens (tertiary/aromatic N) is 2. The number of carbonyl (C=O) groups excluding carboxylic acids is 1. The first-order valence-electron chi connectivity index (χ1n) is 8.85. The van der Waals surface area contributed by atoms with Crippen molar-refractivity contribution in [2.75, 3.05) is 19.6 Å². The first-order valence-corrected chi connectivity index (χ1v) is 9.23. The number of hydrogen-bond acceptors (Lipinski definition) is 2. The lowest BCUT2D eigenvalue weighted by atomic mass is 10.0. The van der Waals surface area contributed by atoms with Crippen molar-refractivity contribution in [1.82, 2.24) is 9.80 Å². The summed E-state index contributed by atoms with van der Waals surface area (Å²) in [5.74, 6) is 0.841. The SMILES string of the molecule is C/C=C(\C)N1CCN(C(=O)CCC(C)C)C[C@H]1c1ccc(Cl)cc1. The summed E-state index contributed by atoms with van der Waals surface area (Å²) in [6.07, 6.45) is 3.74. The lowest BCUT2D eigenvalue weighted by molar-refractivity contribution is -0.134. The fourth-order valence-corrected chi connectivity index (χ4v) is 3.26. The number of benzene rings is 1. The van der Waals surface area contributed by atoms with Crippen LogP contribution in [0.4, 0.5) is 0 Å². The highest BCUT2D eigenvalue weighted by molar-refractivity contribution is 6.30. The van der Waals surface area contributed by atoms with Gasteiger partial charge in [0.05, 0.1) is 6.04 Å². The third kappa shape index (κ3) is 4.76. The summed E-state index contributed by atoms with van der Waals surface area (Å²) in [7, 11) is 0. The molecule has 1 heterocycles. The number of hydrogen-bond donors (Lipinski definition) is 0. The van der Waals surface area contributed by atoms with Crippen molar-refractivity contribution in [2.24, 2.45) is 5.92 Å². The van der Waals surface area contributed by atoms with Gasteiger partial charge in [-0.3, -0.25) is 4.79 Å². The van der Waals surface area contributed by atoms with Crippen LogP contribution in [0.25, 0.3) is 0 Å². The number of allylic oxidation sites excluding steroid dienone is 2. The Kier molecular flexibility index (Phi) is 6.73. The lowest BCUT2D eigenvalue weighted by Gasteiger charge is -2.43. The molecule has 1 aromatic carbocycles. The van der Waals surface area contributed by atoms with E-state index in [0.29, 0.717) is 12.3 Å². The first kappa shape index (κ1) is 18.9. The largest absolute Gasteiger partial charge is 0.365 e. The van der Waals surface area contributed by atoms with E-state index < -0.39 is 0 Å². The predicted molar refractivity (Wildman–Crippen MR) is 101 cm³/mol. The van der Waals surface area contributed by atoms with Gasteiger partial charge in [-0.2, -0.15) is 0 Å². The molecule has 0 saturated carbocycles. The molecular weight excluding hydrogens is 320 g/mol. The first-order chi connectivity index (χ1) is 11.4. The van der Waals surface area contributed by atoms with Gasteiger partial charge in [0.25, 0.3) is 0 Å². The van der Waals surface area contributed by atoms with Gasteiger partial charge >= 0.3 is 0 Å². The van der Waals surface area contributed by atoms with Crippen LogP contribution in [0.2, 0.25) is 5.02 Å². The van der Waals surface area contributed by atoms with Crippen LogP contribution in [0.1, 0.15) is 52.1 Å². The molecular formula is C20H29ClN2O. The van der Waals surface area contributed by atoms with E-state index in [1.807, 2.05) is 17.0 Å². The molecule has 132 valence electrons. The van der Waals surface area contributed by atoms with Crippen molar-refractivity contribution in [2.45, 2.75) is 46.6 Å². The van der Waals surface area contributed by atoms with Gasteiger partial charge in [-0.05, 0) is 43.9 Å². The van der Waals surface area contributed by atoms with Gasteiger partial charge < -0.3 is 9.80 Å². The Hall–Kier alpha value is -1.48. The average Bonchev–Trinajstić information content (AvgIpc) is 2.59. The van der Waals surface area contributed by atoms with E-state index >= 15 is 0 Å². The van der Waals surface area contributed by atoms with E-state index in [2.05, 4.69) is 50.8 Å². The molecule has 0 N–H and O–H groups in total. The molecule has 1 saturated heterocycles. The van der Waals surface area contributed by atoms with Gasteiger partial charge in [-0.1, -0.05) is 43.7 Å². The smallest absolute Gasteiger partial charge is 0.222 e. The second-order valence-electron chi connectivity index (χ2n) is 6.96. The van der Waals surface area contributed by atoms with Gasteiger partial charge in [-0.15, -0.1) is 0 Å². The molecule has 0 aliphatic carbocycles. The number of piperazine rings is 1. The quantitative estimate of drug-likeness (QED) is 0.756. The average molecular weight is 349 g/mol. The van der Waals surface area contributed by atoms with Gasteiger partial charge in [0.1, 0.15) is 0 Å². The Labute approximate surface area is 151 Å². The maximum atomic E-state index is 12.6. The summed E-state index contributed by atoms with van der Waals surface area (Å²) < 4.78 is 0. The summed E-state index contributed by atoms with van der Waals surface area (Å²) in [5, 5.41) is 0.744. The van der Waals surface area contributed by atoms with Crippen molar-refractivity contribution in [3.63, 3.8) is 0 Å². The number of carbonyl (C=O) groups is 1. The molecule has 3 nitrogen and oxygen atoms in total. The van der Waals surface area contributed by atoms with Crippen molar-refractivity contribution < 1.29 is 4.79 Å². The van der Waals surface area contributed by atoms with Crippen LogP contribution in [0.15, 0.2) is 36.0 Å². The third-order valence-electron chi connectivity index (χ3n) is 4.79. The van der Waals surface area contributed by atoms with Gasteiger partial charge in [0.2, 0.25) is 5.91 Å². The number of rotatable bonds is 5. The third-order valence-corrected chi connectivity index (χ3v) is 5.05. The second kappa shape index (κ2) is 8.57. The van der Waals surface area contributed by atoms with E-state index in [-0.39, 0.29) is 11.9 Å². The molecule has 2 rings (SSSR count). The molecule has 0 aromatic heterocycles. The molecule has 4 heteroatoms. The molecule has 1 fully saturated rings. The fourth-order valence-electron chi connectivity index (χ4n) is 3.14. The van der Waals surface area contributed by atoms with Crippen LogP contribution in [0, 0.1) is 5.92 Å². The van der Waals surface area contributed by atoms with Crippen molar-refractivity contribution >= 4 is 17.5 Å². The van der Waals surface area contributed by atoms with Crippen LogP contribution in [0.3, 0.4) is 0 Å². The fraction of sp³-hybridized carbons (Fsp3) is 0.550. The summed E-state index contributed by atoms with van der Waals surface area (Å²) in [6.45, 7) is 10.9. The second-order valence-corrected chi connectivity index (χ2v) is 7.40. The zero-order valence-electron chi connectivity index (χ0n) is 15.3. The van der Waals surface area contributed by atoms with E-state index in [0.717, 1.165) is 31.1 Å². The maximum Gasteiger partial charge on any atom is 0.222 e. The van der Waals surface area contributed by atoms with E-state index in [1.54, 1.807) is 0 Å². The van der Waals surface area contributed by atoms with Crippen LogP contribution in [0.5, 0.6) is 0 Å². The molecule has 1 amide bonds. The Balaban J connectivity index is 2.17. The van der Waals surface area contributed by atoms with Crippen LogP contribution < -0.4 is 0 Å². The van der Waals surface area contributed by atoms with Gasteiger partial charge in [0.15, 0.2) is 0 Å². The van der Waals surface area contributed by atoms with Crippen LogP contribution in [-0.2, 0) is 4.79 Å². The molecule has 1 aliphatic heterocycles. The van der Waals surface area contributed by atoms with E-state index in [1.165, 1.54) is 11.3 Å². The Morgan fingerprint density at radius 1 is 1.29 bits per heavy atom. The lowest BCUT2D eigenvalue weighted by Crippen LogP contribution is -2.49. The number of halogens is 1. The highest BCUT2D eigenvalue weighted by atomic mass is 35.5. The molecule has 0 spiro atoms. The molecule has 0 bridgehead atoms. The molecule has 1 aliphatic rings. The zero-order chi connectivity index (χ0) is 17.7. The molecule has 1 atom stereocenters. The molecule has 0 unspecified atom stereocenters. The summed E-state index contributed by atoms with van der Waals surface area (Å²) in [4.78, 5) is 17.0. The monoisotopic (exact) mass is 348 g/mol. The van der Waals surface area contributed by atoms with Crippen molar-refractivity contribution in [3.05, 3.63) is 46.6 Å².